The minimum atomic E-state index is 0.611. The molecule has 2 N–H and O–H groups in total. The first-order valence-corrected chi connectivity index (χ1v) is 8.65. The third-order valence-electron chi connectivity index (χ3n) is 4.08. The zero-order valence-corrected chi connectivity index (χ0v) is 14.3. The Hall–Kier alpha value is -2.50. The first-order chi connectivity index (χ1) is 12.3. The smallest absolute Gasteiger partial charge is 0.240 e. The van der Waals surface area contributed by atoms with Gasteiger partial charge in [-0.05, 0) is 17.5 Å². The van der Waals surface area contributed by atoms with Crippen LogP contribution in [0.1, 0.15) is 22.8 Å². The molecule has 5 heteroatoms. The number of hydrogen-bond donors (Lipinski definition) is 1. The van der Waals surface area contributed by atoms with Crippen LogP contribution in [-0.2, 0) is 19.4 Å². The summed E-state index contributed by atoms with van der Waals surface area (Å²) in [6, 6.07) is 20.6. The molecule has 0 saturated heterocycles. The minimum absolute atomic E-state index is 0.611. The molecule has 0 radical (unpaired) electrons. The van der Waals surface area contributed by atoms with E-state index in [1.807, 2.05) is 24.3 Å². The van der Waals surface area contributed by atoms with Crippen LogP contribution in [0.4, 0.5) is 0 Å². The van der Waals surface area contributed by atoms with E-state index in [1.165, 1.54) is 11.1 Å². The second-order valence-corrected chi connectivity index (χ2v) is 6.07. The average molecular weight is 336 g/mol. The average Bonchev–Trinajstić information content (AvgIpc) is 3.08. The van der Waals surface area contributed by atoms with Crippen LogP contribution in [0, 0.1) is 0 Å². The van der Waals surface area contributed by atoms with Gasteiger partial charge in [0, 0.05) is 26.1 Å². The Morgan fingerprint density at radius 1 is 0.880 bits per heavy atom. The monoisotopic (exact) mass is 336 g/mol. The fourth-order valence-electron chi connectivity index (χ4n) is 2.78. The molecule has 0 spiro atoms. The quantitative estimate of drug-likeness (QED) is 0.651. The Bertz CT molecular complexity index is 743. The van der Waals surface area contributed by atoms with Gasteiger partial charge in [0.05, 0.1) is 6.54 Å². The molecule has 130 valence electrons. The van der Waals surface area contributed by atoms with E-state index in [2.05, 4.69) is 51.4 Å². The standard InChI is InChI=1S/C20H24N4O/c21-12-14-24(13-11-17-7-3-1-4-8-17)16-20-22-19(23-25-20)15-18-9-5-2-6-10-18/h1-10H,11-16,21H2. The SMILES string of the molecule is NCCN(CCc1ccccc1)Cc1nc(Cc2ccccc2)no1. The van der Waals surface area contributed by atoms with Crippen LogP contribution in [0.25, 0.3) is 0 Å². The molecule has 0 atom stereocenters. The number of rotatable bonds is 9. The molecule has 0 aliphatic rings. The van der Waals surface area contributed by atoms with Crippen LogP contribution in [-0.4, -0.2) is 34.7 Å². The van der Waals surface area contributed by atoms with Crippen molar-refractivity contribution in [1.29, 1.82) is 0 Å². The summed E-state index contributed by atoms with van der Waals surface area (Å²) in [6.45, 7) is 2.96. The molecule has 1 aromatic heterocycles. The lowest BCUT2D eigenvalue weighted by atomic mass is 10.1. The van der Waals surface area contributed by atoms with E-state index < -0.39 is 0 Å². The summed E-state index contributed by atoms with van der Waals surface area (Å²) < 4.78 is 5.42. The third-order valence-corrected chi connectivity index (χ3v) is 4.08. The van der Waals surface area contributed by atoms with Crippen LogP contribution in [0.15, 0.2) is 65.2 Å². The molecular formula is C20H24N4O. The van der Waals surface area contributed by atoms with Crippen LogP contribution in [0.5, 0.6) is 0 Å². The maximum Gasteiger partial charge on any atom is 0.240 e. The number of benzene rings is 2. The zero-order valence-electron chi connectivity index (χ0n) is 14.3. The highest BCUT2D eigenvalue weighted by Crippen LogP contribution is 2.09. The van der Waals surface area contributed by atoms with Crippen molar-refractivity contribution in [2.45, 2.75) is 19.4 Å². The summed E-state index contributed by atoms with van der Waals surface area (Å²) in [5.74, 6) is 1.37. The molecule has 5 nitrogen and oxygen atoms in total. The lowest BCUT2D eigenvalue weighted by molar-refractivity contribution is 0.233. The van der Waals surface area contributed by atoms with E-state index in [-0.39, 0.29) is 0 Å². The van der Waals surface area contributed by atoms with Gasteiger partial charge in [0.25, 0.3) is 0 Å². The van der Waals surface area contributed by atoms with Gasteiger partial charge in [0.2, 0.25) is 5.89 Å². The van der Waals surface area contributed by atoms with Crippen molar-refractivity contribution in [2.75, 3.05) is 19.6 Å². The predicted octanol–water partition coefficient (Wildman–Crippen LogP) is 2.66. The molecule has 2 aromatic carbocycles. The number of hydrogen-bond acceptors (Lipinski definition) is 5. The first kappa shape index (κ1) is 17.3. The highest BCUT2D eigenvalue weighted by molar-refractivity contribution is 5.18. The van der Waals surface area contributed by atoms with Gasteiger partial charge in [-0.2, -0.15) is 4.98 Å². The zero-order chi connectivity index (χ0) is 17.3. The van der Waals surface area contributed by atoms with E-state index in [0.717, 1.165) is 25.3 Å². The van der Waals surface area contributed by atoms with E-state index in [0.29, 0.717) is 25.4 Å². The normalized spacial score (nSPS) is 11.1. The fourth-order valence-corrected chi connectivity index (χ4v) is 2.78. The highest BCUT2D eigenvalue weighted by Gasteiger charge is 2.12. The Labute approximate surface area is 148 Å². The van der Waals surface area contributed by atoms with Crippen molar-refractivity contribution in [3.05, 3.63) is 83.5 Å². The minimum Gasteiger partial charge on any atom is -0.338 e. The van der Waals surface area contributed by atoms with Crippen LogP contribution < -0.4 is 5.73 Å². The summed E-state index contributed by atoms with van der Waals surface area (Å²) in [5, 5.41) is 4.10. The largest absolute Gasteiger partial charge is 0.338 e. The molecular weight excluding hydrogens is 312 g/mol. The Kier molecular flexibility index (Phi) is 6.31. The van der Waals surface area contributed by atoms with Crippen molar-refractivity contribution in [1.82, 2.24) is 15.0 Å². The summed E-state index contributed by atoms with van der Waals surface area (Å²) >= 11 is 0. The van der Waals surface area contributed by atoms with Crippen molar-refractivity contribution < 1.29 is 4.52 Å². The second kappa shape index (κ2) is 9.11. The second-order valence-electron chi connectivity index (χ2n) is 6.07. The van der Waals surface area contributed by atoms with Gasteiger partial charge >= 0.3 is 0 Å². The van der Waals surface area contributed by atoms with Crippen LogP contribution >= 0.6 is 0 Å². The van der Waals surface area contributed by atoms with Crippen LogP contribution in [0.2, 0.25) is 0 Å². The predicted molar refractivity (Wildman–Crippen MR) is 98.0 cm³/mol. The first-order valence-electron chi connectivity index (χ1n) is 8.65. The van der Waals surface area contributed by atoms with Crippen molar-refractivity contribution >= 4 is 0 Å². The summed E-state index contributed by atoms with van der Waals surface area (Å²) in [5.41, 5.74) is 8.25. The Morgan fingerprint density at radius 3 is 2.24 bits per heavy atom. The van der Waals surface area contributed by atoms with Gasteiger partial charge < -0.3 is 10.3 Å². The molecule has 1 heterocycles. The summed E-state index contributed by atoms with van der Waals surface area (Å²) in [7, 11) is 0. The molecule has 25 heavy (non-hydrogen) atoms. The Balaban J connectivity index is 1.56. The summed E-state index contributed by atoms with van der Waals surface area (Å²) in [6.07, 6.45) is 1.66. The van der Waals surface area contributed by atoms with Crippen molar-refractivity contribution in [2.24, 2.45) is 5.73 Å². The molecule has 0 fully saturated rings. The Morgan fingerprint density at radius 2 is 1.56 bits per heavy atom. The van der Waals surface area contributed by atoms with Gasteiger partial charge in [-0.25, -0.2) is 0 Å². The molecule has 0 saturated carbocycles. The van der Waals surface area contributed by atoms with Gasteiger partial charge in [0.1, 0.15) is 0 Å². The van der Waals surface area contributed by atoms with E-state index in [4.69, 9.17) is 10.3 Å². The van der Waals surface area contributed by atoms with Gasteiger partial charge in [-0.1, -0.05) is 65.8 Å². The topological polar surface area (TPSA) is 68.2 Å². The molecule has 0 aliphatic carbocycles. The molecule has 0 bridgehead atoms. The van der Waals surface area contributed by atoms with Gasteiger partial charge in [-0.3, -0.25) is 4.90 Å². The van der Waals surface area contributed by atoms with Crippen molar-refractivity contribution in [3.8, 4) is 0 Å². The maximum atomic E-state index is 5.75. The van der Waals surface area contributed by atoms with Gasteiger partial charge in [0.15, 0.2) is 5.82 Å². The van der Waals surface area contributed by atoms with E-state index in [1.54, 1.807) is 0 Å². The maximum absolute atomic E-state index is 5.75. The molecule has 0 aliphatic heterocycles. The molecule has 3 rings (SSSR count). The number of nitrogens with two attached hydrogens (primary N) is 1. The molecule has 3 aromatic rings. The number of aromatic nitrogens is 2. The fraction of sp³-hybridized carbons (Fsp3) is 0.300. The molecule has 0 unspecified atom stereocenters. The van der Waals surface area contributed by atoms with E-state index in [9.17, 15) is 0 Å². The summed E-state index contributed by atoms with van der Waals surface area (Å²) in [4.78, 5) is 6.78. The third kappa shape index (κ3) is 5.52. The lowest BCUT2D eigenvalue weighted by Crippen LogP contribution is -2.31. The number of nitrogens with zero attached hydrogens (tertiary/aromatic N) is 3. The van der Waals surface area contributed by atoms with Crippen LogP contribution in [0.3, 0.4) is 0 Å². The van der Waals surface area contributed by atoms with Gasteiger partial charge in [-0.15, -0.1) is 0 Å². The highest BCUT2D eigenvalue weighted by atomic mass is 16.5. The lowest BCUT2D eigenvalue weighted by Gasteiger charge is -2.19. The van der Waals surface area contributed by atoms with E-state index >= 15 is 0 Å². The van der Waals surface area contributed by atoms with Crippen molar-refractivity contribution in [3.63, 3.8) is 0 Å². The molecule has 0 amide bonds.